The number of hydrazone groups is 1. The number of rotatable bonds is 3. The first-order valence-electron chi connectivity index (χ1n) is 5.44. The minimum Gasteiger partial charge on any atom is -0.496 e. The molecule has 0 aromatic carbocycles. The minimum absolute atomic E-state index is 0.232. The van der Waals surface area contributed by atoms with Crippen LogP contribution in [0.1, 0.15) is 13.3 Å². The summed E-state index contributed by atoms with van der Waals surface area (Å²) in [5.74, 6) is 0.719. The molecule has 0 radical (unpaired) electrons. The molecule has 8 heteroatoms. The van der Waals surface area contributed by atoms with Crippen molar-refractivity contribution in [2.24, 2.45) is 5.10 Å². The Labute approximate surface area is 107 Å². The summed E-state index contributed by atoms with van der Waals surface area (Å²) >= 11 is -1.51. The van der Waals surface area contributed by atoms with Gasteiger partial charge >= 0.3 is 0 Å². The van der Waals surface area contributed by atoms with E-state index >= 15 is 0 Å². The van der Waals surface area contributed by atoms with Crippen LogP contribution < -0.4 is 5.43 Å². The summed E-state index contributed by atoms with van der Waals surface area (Å²) in [5, 5.41) is 4.04. The van der Waals surface area contributed by atoms with Gasteiger partial charge in [0.2, 0.25) is 6.23 Å². The van der Waals surface area contributed by atoms with Crippen molar-refractivity contribution in [3.05, 3.63) is 11.3 Å². The van der Waals surface area contributed by atoms with Gasteiger partial charge in [-0.05, 0) is 6.92 Å². The van der Waals surface area contributed by atoms with Gasteiger partial charge in [0.25, 0.3) is 5.91 Å². The van der Waals surface area contributed by atoms with Gasteiger partial charge in [-0.25, -0.2) is 4.21 Å². The van der Waals surface area contributed by atoms with E-state index in [-0.39, 0.29) is 5.91 Å². The zero-order valence-corrected chi connectivity index (χ0v) is 11.2. The smallest absolute Gasteiger partial charge is 0.260 e. The summed E-state index contributed by atoms with van der Waals surface area (Å²) in [5.41, 5.74) is 3.24. The van der Waals surface area contributed by atoms with Crippen LogP contribution in [0.5, 0.6) is 0 Å². The maximum Gasteiger partial charge on any atom is 0.260 e. The highest BCUT2D eigenvalue weighted by molar-refractivity contribution is 7.79. The molecule has 2 heterocycles. The molecule has 2 atom stereocenters. The number of nitrogens with one attached hydrogen (secondary N) is 1. The molecule has 1 N–H and O–H groups in total. The Morgan fingerprint density at radius 3 is 2.78 bits per heavy atom. The SMILES string of the molecule is COC1=C(C)C(=O)N(C2=NNCC2)C1OS(C)=O. The molecule has 2 aliphatic heterocycles. The zero-order valence-electron chi connectivity index (χ0n) is 10.4. The molecule has 100 valence electrons. The molecule has 2 rings (SSSR count). The fourth-order valence-corrected chi connectivity index (χ4v) is 2.39. The number of ether oxygens (including phenoxy) is 1. The van der Waals surface area contributed by atoms with Gasteiger partial charge in [-0.2, -0.15) is 5.10 Å². The highest BCUT2D eigenvalue weighted by Crippen LogP contribution is 2.29. The fraction of sp³-hybridized carbons (Fsp3) is 0.600. The van der Waals surface area contributed by atoms with E-state index < -0.39 is 17.3 Å². The number of methoxy groups -OCH3 is 1. The lowest BCUT2D eigenvalue weighted by Crippen LogP contribution is -2.42. The molecule has 2 aliphatic rings. The van der Waals surface area contributed by atoms with Crippen LogP contribution >= 0.6 is 0 Å². The average molecular weight is 273 g/mol. The van der Waals surface area contributed by atoms with Crippen LogP contribution in [0.15, 0.2) is 16.4 Å². The molecule has 0 fully saturated rings. The Bertz CT molecular complexity index is 460. The molecular formula is C10H15N3O4S. The average Bonchev–Trinajstić information content (AvgIpc) is 2.88. The second-order valence-electron chi connectivity index (χ2n) is 3.90. The molecule has 0 spiro atoms. The molecular weight excluding hydrogens is 258 g/mol. The molecule has 0 saturated carbocycles. The van der Waals surface area contributed by atoms with Crippen molar-refractivity contribution in [2.45, 2.75) is 19.6 Å². The van der Waals surface area contributed by atoms with Gasteiger partial charge in [0, 0.05) is 19.2 Å². The summed E-state index contributed by atoms with van der Waals surface area (Å²) in [6.45, 7) is 2.32. The summed E-state index contributed by atoms with van der Waals surface area (Å²) in [4.78, 5) is 13.5. The van der Waals surface area contributed by atoms with Crippen molar-refractivity contribution in [3.63, 3.8) is 0 Å². The minimum atomic E-state index is -1.51. The molecule has 0 bridgehead atoms. The van der Waals surface area contributed by atoms with Crippen molar-refractivity contribution < 1.29 is 17.9 Å². The summed E-state index contributed by atoms with van der Waals surface area (Å²) in [6.07, 6.45) is 1.22. The van der Waals surface area contributed by atoms with Crippen LogP contribution in [0.25, 0.3) is 0 Å². The van der Waals surface area contributed by atoms with Crippen molar-refractivity contribution in [3.8, 4) is 0 Å². The number of hydrogen-bond donors (Lipinski definition) is 1. The number of hydrogen-bond acceptors (Lipinski definition) is 6. The van der Waals surface area contributed by atoms with Crippen LogP contribution in [0.4, 0.5) is 0 Å². The van der Waals surface area contributed by atoms with Crippen LogP contribution in [0.2, 0.25) is 0 Å². The Morgan fingerprint density at radius 1 is 1.56 bits per heavy atom. The van der Waals surface area contributed by atoms with E-state index in [0.717, 1.165) is 0 Å². The third-order valence-corrected chi connectivity index (χ3v) is 3.21. The Kier molecular flexibility index (Phi) is 3.67. The van der Waals surface area contributed by atoms with Gasteiger partial charge < -0.3 is 10.2 Å². The first-order chi connectivity index (χ1) is 8.56. The van der Waals surface area contributed by atoms with Crippen molar-refractivity contribution >= 4 is 22.8 Å². The fourth-order valence-electron chi connectivity index (χ4n) is 1.96. The maximum atomic E-state index is 12.2. The van der Waals surface area contributed by atoms with E-state index in [4.69, 9.17) is 8.92 Å². The molecule has 7 nitrogen and oxygen atoms in total. The van der Waals surface area contributed by atoms with Gasteiger partial charge in [-0.15, -0.1) is 0 Å². The predicted octanol–water partition coefficient (Wildman–Crippen LogP) is -0.308. The van der Waals surface area contributed by atoms with Gasteiger partial charge in [0.05, 0.1) is 12.7 Å². The van der Waals surface area contributed by atoms with E-state index in [1.807, 2.05) is 0 Å². The predicted molar refractivity (Wildman–Crippen MR) is 65.5 cm³/mol. The largest absolute Gasteiger partial charge is 0.496 e. The van der Waals surface area contributed by atoms with E-state index in [9.17, 15) is 9.00 Å². The van der Waals surface area contributed by atoms with Crippen LogP contribution in [-0.4, -0.2) is 47.0 Å². The van der Waals surface area contributed by atoms with Crippen LogP contribution in [0.3, 0.4) is 0 Å². The third-order valence-electron chi connectivity index (χ3n) is 2.76. The Morgan fingerprint density at radius 2 is 2.28 bits per heavy atom. The molecule has 0 aromatic heterocycles. The lowest BCUT2D eigenvalue weighted by Gasteiger charge is -2.24. The van der Waals surface area contributed by atoms with Gasteiger partial charge in [-0.1, -0.05) is 0 Å². The number of carbonyl (C=O) groups excluding carboxylic acids is 1. The summed E-state index contributed by atoms with van der Waals surface area (Å²) in [6, 6.07) is 0. The number of amides is 1. The topological polar surface area (TPSA) is 80.2 Å². The molecule has 0 aromatic rings. The van der Waals surface area contributed by atoms with Crippen LogP contribution in [-0.2, 0) is 24.8 Å². The lowest BCUT2D eigenvalue weighted by molar-refractivity contribution is -0.125. The van der Waals surface area contributed by atoms with Crippen molar-refractivity contribution in [2.75, 3.05) is 19.9 Å². The van der Waals surface area contributed by atoms with E-state index in [1.165, 1.54) is 18.3 Å². The Hall–Kier alpha value is -1.41. The highest BCUT2D eigenvalue weighted by atomic mass is 32.2. The molecule has 0 aliphatic carbocycles. The van der Waals surface area contributed by atoms with Gasteiger partial charge in [0.1, 0.15) is 5.84 Å². The number of carbonyl (C=O) groups is 1. The molecule has 0 saturated heterocycles. The molecule has 18 heavy (non-hydrogen) atoms. The number of amidine groups is 1. The van der Waals surface area contributed by atoms with Crippen LogP contribution in [0, 0.1) is 0 Å². The first kappa shape index (κ1) is 13.0. The third kappa shape index (κ3) is 2.13. The zero-order chi connectivity index (χ0) is 13.3. The lowest BCUT2D eigenvalue weighted by atomic mass is 10.3. The van der Waals surface area contributed by atoms with Crippen molar-refractivity contribution in [1.82, 2.24) is 10.3 Å². The first-order valence-corrected chi connectivity index (χ1v) is 6.93. The number of nitrogens with zero attached hydrogens (tertiary/aromatic N) is 2. The monoisotopic (exact) mass is 273 g/mol. The summed E-state index contributed by atoms with van der Waals surface area (Å²) in [7, 11) is 1.46. The van der Waals surface area contributed by atoms with Gasteiger partial charge in [0.15, 0.2) is 16.8 Å². The molecule has 1 amide bonds. The standard InChI is InChI=1S/C10H15N3O4S/c1-6-8(16-2)10(17-18(3)15)13(9(6)14)7-4-5-11-12-7/h10-11H,4-5H2,1-3H3. The second-order valence-corrected chi connectivity index (χ2v) is 4.90. The van der Waals surface area contributed by atoms with E-state index in [0.29, 0.717) is 30.1 Å². The highest BCUT2D eigenvalue weighted by Gasteiger charge is 2.43. The maximum absolute atomic E-state index is 12.2. The second kappa shape index (κ2) is 5.07. The van der Waals surface area contributed by atoms with Crippen molar-refractivity contribution in [1.29, 1.82) is 0 Å². The van der Waals surface area contributed by atoms with Gasteiger partial charge in [-0.3, -0.25) is 13.9 Å². The van der Waals surface area contributed by atoms with E-state index in [2.05, 4.69) is 10.5 Å². The Balaban J connectivity index is 2.33. The summed E-state index contributed by atoms with van der Waals surface area (Å²) < 4.78 is 21.7. The normalized spacial score (nSPS) is 25.3. The molecule has 2 unspecified atom stereocenters. The van der Waals surface area contributed by atoms with E-state index in [1.54, 1.807) is 6.92 Å². The quantitative estimate of drug-likeness (QED) is 0.763.